The monoisotopic (exact) mass is 269 g/mol. The lowest BCUT2D eigenvalue weighted by Gasteiger charge is -2.32. The first-order chi connectivity index (χ1) is 9.08. The number of aliphatic hydroxyl groups is 1. The van der Waals surface area contributed by atoms with Crippen LogP contribution >= 0.6 is 0 Å². The molecule has 0 aliphatic carbocycles. The van der Waals surface area contributed by atoms with Crippen LogP contribution in [0.4, 0.5) is 0 Å². The minimum absolute atomic E-state index is 0.00499. The molecule has 1 saturated heterocycles. The van der Waals surface area contributed by atoms with Gasteiger partial charge in [-0.1, -0.05) is 6.08 Å². The highest BCUT2D eigenvalue weighted by molar-refractivity contribution is 5.81. The Kier molecular flexibility index (Phi) is 6.52. The molecule has 1 aliphatic rings. The molecule has 0 spiro atoms. The van der Waals surface area contributed by atoms with E-state index in [9.17, 15) is 9.59 Å². The van der Waals surface area contributed by atoms with Crippen molar-refractivity contribution in [3.8, 4) is 0 Å². The Labute approximate surface area is 113 Å². The van der Waals surface area contributed by atoms with Crippen molar-refractivity contribution in [3.63, 3.8) is 0 Å². The molecule has 1 aliphatic heterocycles. The standard InChI is InChI=1S/C13H23N3O3/c1-2-5-15(7-8-17)10-12(18)16-6-3-4-11(9-16)13(14)19/h2,11,17H,1,3-10H2,(H2,14,19). The van der Waals surface area contributed by atoms with Gasteiger partial charge in [0.15, 0.2) is 0 Å². The molecule has 108 valence electrons. The third-order valence-electron chi connectivity index (χ3n) is 3.34. The zero-order chi connectivity index (χ0) is 14.3. The van der Waals surface area contributed by atoms with Crippen LogP contribution < -0.4 is 5.73 Å². The first kappa shape index (κ1) is 15.7. The molecule has 1 heterocycles. The number of aliphatic hydroxyl groups excluding tert-OH is 1. The van der Waals surface area contributed by atoms with E-state index in [-0.39, 0.29) is 30.9 Å². The lowest BCUT2D eigenvalue weighted by molar-refractivity contribution is -0.135. The van der Waals surface area contributed by atoms with Crippen LogP contribution in [-0.4, -0.2) is 66.1 Å². The minimum Gasteiger partial charge on any atom is -0.395 e. The maximum absolute atomic E-state index is 12.1. The summed E-state index contributed by atoms with van der Waals surface area (Å²) in [7, 11) is 0. The summed E-state index contributed by atoms with van der Waals surface area (Å²) < 4.78 is 0. The van der Waals surface area contributed by atoms with E-state index >= 15 is 0 Å². The lowest BCUT2D eigenvalue weighted by Crippen LogP contribution is -2.48. The Morgan fingerprint density at radius 2 is 2.26 bits per heavy atom. The van der Waals surface area contributed by atoms with Gasteiger partial charge >= 0.3 is 0 Å². The number of carbonyl (C=O) groups is 2. The number of piperidine rings is 1. The number of primary amides is 1. The molecule has 1 fully saturated rings. The summed E-state index contributed by atoms with van der Waals surface area (Å²) in [6, 6.07) is 0. The largest absolute Gasteiger partial charge is 0.395 e. The van der Waals surface area contributed by atoms with E-state index < -0.39 is 0 Å². The summed E-state index contributed by atoms with van der Waals surface area (Å²) in [5, 5.41) is 8.94. The van der Waals surface area contributed by atoms with Crippen LogP contribution in [0.25, 0.3) is 0 Å². The fraction of sp³-hybridized carbons (Fsp3) is 0.692. The first-order valence-corrected chi connectivity index (χ1v) is 6.59. The highest BCUT2D eigenvalue weighted by atomic mass is 16.3. The van der Waals surface area contributed by atoms with Crippen molar-refractivity contribution in [3.05, 3.63) is 12.7 Å². The van der Waals surface area contributed by atoms with Crippen LogP contribution in [0.5, 0.6) is 0 Å². The topological polar surface area (TPSA) is 86.9 Å². The van der Waals surface area contributed by atoms with E-state index in [1.807, 2.05) is 4.90 Å². The van der Waals surface area contributed by atoms with Gasteiger partial charge in [-0.15, -0.1) is 6.58 Å². The Balaban J connectivity index is 2.51. The molecule has 0 bridgehead atoms. The van der Waals surface area contributed by atoms with E-state index in [0.29, 0.717) is 26.2 Å². The van der Waals surface area contributed by atoms with Gasteiger partial charge in [0, 0.05) is 26.2 Å². The molecule has 1 unspecified atom stereocenters. The molecule has 3 N–H and O–H groups in total. The Hall–Kier alpha value is -1.40. The van der Waals surface area contributed by atoms with E-state index in [1.54, 1.807) is 11.0 Å². The van der Waals surface area contributed by atoms with Crippen molar-refractivity contribution < 1.29 is 14.7 Å². The summed E-state index contributed by atoms with van der Waals surface area (Å²) in [4.78, 5) is 26.8. The number of hydrogen-bond donors (Lipinski definition) is 2. The highest BCUT2D eigenvalue weighted by Crippen LogP contribution is 2.16. The normalized spacial score (nSPS) is 19.5. The van der Waals surface area contributed by atoms with Crippen molar-refractivity contribution in [1.29, 1.82) is 0 Å². The van der Waals surface area contributed by atoms with Crippen LogP contribution in [0.2, 0.25) is 0 Å². The van der Waals surface area contributed by atoms with Gasteiger partial charge in [-0.05, 0) is 12.8 Å². The van der Waals surface area contributed by atoms with Gasteiger partial charge in [0.1, 0.15) is 0 Å². The van der Waals surface area contributed by atoms with E-state index in [1.165, 1.54) is 0 Å². The van der Waals surface area contributed by atoms with Crippen molar-refractivity contribution in [2.24, 2.45) is 11.7 Å². The molecule has 0 radical (unpaired) electrons. The summed E-state index contributed by atoms with van der Waals surface area (Å²) in [5.41, 5.74) is 5.29. The maximum atomic E-state index is 12.1. The third kappa shape index (κ3) is 5.00. The molecule has 1 rings (SSSR count). The zero-order valence-electron chi connectivity index (χ0n) is 11.3. The van der Waals surface area contributed by atoms with Crippen molar-refractivity contribution >= 4 is 11.8 Å². The molecule has 0 saturated carbocycles. The van der Waals surface area contributed by atoms with Gasteiger partial charge in [-0.25, -0.2) is 0 Å². The van der Waals surface area contributed by atoms with Gasteiger partial charge in [0.2, 0.25) is 11.8 Å². The number of likely N-dealkylation sites (tertiary alicyclic amines) is 1. The van der Waals surface area contributed by atoms with Crippen molar-refractivity contribution in [2.75, 3.05) is 39.3 Å². The number of nitrogens with two attached hydrogens (primary N) is 1. The number of nitrogens with zero attached hydrogens (tertiary/aromatic N) is 2. The van der Waals surface area contributed by atoms with Gasteiger partial charge in [0.25, 0.3) is 0 Å². The van der Waals surface area contributed by atoms with Crippen LogP contribution in [0, 0.1) is 5.92 Å². The fourth-order valence-electron chi connectivity index (χ4n) is 2.29. The van der Waals surface area contributed by atoms with Gasteiger partial charge in [-0.3, -0.25) is 14.5 Å². The molecule has 6 heteroatoms. The Morgan fingerprint density at radius 1 is 1.53 bits per heavy atom. The second kappa shape index (κ2) is 7.91. The predicted octanol–water partition coefficient (Wildman–Crippen LogP) is -0.809. The number of rotatable bonds is 7. The maximum Gasteiger partial charge on any atom is 0.236 e. The Morgan fingerprint density at radius 3 is 2.84 bits per heavy atom. The smallest absolute Gasteiger partial charge is 0.236 e. The third-order valence-corrected chi connectivity index (χ3v) is 3.34. The highest BCUT2D eigenvalue weighted by Gasteiger charge is 2.27. The zero-order valence-corrected chi connectivity index (χ0v) is 11.3. The van der Waals surface area contributed by atoms with E-state index in [4.69, 9.17) is 10.8 Å². The molecular weight excluding hydrogens is 246 g/mol. The SMILES string of the molecule is C=CCN(CCO)CC(=O)N1CCCC(C(N)=O)C1. The first-order valence-electron chi connectivity index (χ1n) is 6.59. The van der Waals surface area contributed by atoms with Crippen LogP contribution in [0.1, 0.15) is 12.8 Å². The van der Waals surface area contributed by atoms with Crippen LogP contribution in [0.15, 0.2) is 12.7 Å². The summed E-state index contributed by atoms with van der Waals surface area (Å²) in [6.07, 6.45) is 3.26. The van der Waals surface area contributed by atoms with E-state index in [2.05, 4.69) is 6.58 Å². The molecule has 1 atom stereocenters. The number of amides is 2. The molecule has 2 amide bonds. The van der Waals surface area contributed by atoms with Gasteiger partial charge in [-0.2, -0.15) is 0 Å². The second-order valence-electron chi connectivity index (χ2n) is 4.83. The average Bonchev–Trinajstić information content (AvgIpc) is 2.39. The summed E-state index contributed by atoms with van der Waals surface area (Å²) in [6.45, 7) is 5.94. The molecule has 0 aromatic carbocycles. The second-order valence-corrected chi connectivity index (χ2v) is 4.83. The predicted molar refractivity (Wildman–Crippen MR) is 72.2 cm³/mol. The lowest BCUT2D eigenvalue weighted by atomic mass is 9.97. The molecule has 0 aromatic heterocycles. The van der Waals surface area contributed by atoms with Crippen LogP contribution in [-0.2, 0) is 9.59 Å². The number of hydrogen-bond acceptors (Lipinski definition) is 4. The molecule has 0 aromatic rings. The fourth-order valence-corrected chi connectivity index (χ4v) is 2.29. The molecular formula is C13H23N3O3. The average molecular weight is 269 g/mol. The number of carbonyl (C=O) groups excluding carboxylic acids is 2. The van der Waals surface area contributed by atoms with E-state index in [0.717, 1.165) is 12.8 Å². The minimum atomic E-state index is -0.337. The quantitative estimate of drug-likeness (QED) is 0.592. The van der Waals surface area contributed by atoms with Crippen molar-refractivity contribution in [1.82, 2.24) is 9.80 Å². The molecule has 19 heavy (non-hydrogen) atoms. The van der Waals surface area contributed by atoms with Gasteiger partial charge < -0.3 is 15.7 Å². The van der Waals surface area contributed by atoms with Crippen molar-refractivity contribution in [2.45, 2.75) is 12.8 Å². The van der Waals surface area contributed by atoms with Gasteiger partial charge in [0.05, 0.1) is 19.1 Å². The summed E-state index contributed by atoms with van der Waals surface area (Å²) in [5.74, 6) is -0.597. The Bertz CT molecular complexity index is 333. The summed E-state index contributed by atoms with van der Waals surface area (Å²) >= 11 is 0. The van der Waals surface area contributed by atoms with Crippen LogP contribution in [0.3, 0.4) is 0 Å². The molecule has 6 nitrogen and oxygen atoms in total.